The van der Waals surface area contributed by atoms with E-state index in [1.807, 2.05) is 12.1 Å². The molecule has 1 heterocycles. The average Bonchev–Trinajstić information content (AvgIpc) is 3.28. The number of carboxylic acid groups (broad SMARTS) is 1. The zero-order chi connectivity index (χ0) is 26.2. The molecule has 1 saturated heterocycles. The van der Waals surface area contributed by atoms with Crippen molar-refractivity contribution in [3.05, 3.63) is 71.5 Å². The summed E-state index contributed by atoms with van der Waals surface area (Å²) in [6.45, 7) is 7.59. The number of halogens is 1. The fourth-order valence-electron chi connectivity index (χ4n) is 6.60. The van der Waals surface area contributed by atoms with Crippen molar-refractivity contribution in [2.75, 3.05) is 19.6 Å². The summed E-state index contributed by atoms with van der Waals surface area (Å²) < 4.78 is 13.1. The van der Waals surface area contributed by atoms with E-state index in [0.29, 0.717) is 24.2 Å². The van der Waals surface area contributed by atoms with Gasteiger partial charge in [0.2, 0.25) is 0 Å². The molecule has 2 aromatic rings. The summed E-state index contributed by atoms with van der Waals surface area (Å²) in [4.78, 5) is 14.5. The first-order valence-corrected chi connectivity index (χ1v) is 14.4. The van der Waals surface area contributed by atoms with Crippen molar-refractivity contribution in [2.24, 2.45) is 17.8 Å². The van der Waals surface area contributed by atoms with Gasteiger partial charge in [0, 0.05) is 12.6 Å². The molecule has 2 fully saturated rings. The quantitative estimate of drug-likeness (QED) is 0.343. The molecule has 0 spiro atoms. The topological polar surface area (TPSA) is 52.6 Å². The van der Waals surface area contributed by atoms with Crippen molar-refractivity contribution in [3.8, 4) is 0 Å². The monoisotopic (exact) mass is 508 g/mol. The van der Waals surface area contributed by atoms with Crippen LogP contribution in [0.5, 0.6) is 0 Å². The van der Waals surface area contributed by atoms with E-state index in [9.17, 15) is 14.3 Å². The Hall–Kier alpha value is -2.24. The van der Waals surface area contributed by atoms with Crippen LogP contribution in [0.25, 0.3) is 0 Å². The zero-order valence-corrected chi connectivity index (χ0v) is 22.6. The highest BCUT2D eigenvalue weighted by Gasteiger charge is 2.38. The van der Waals surface area contributed by atoms with Gasteiger partial charge in [-0.15, -0.1) is 0 Å². The van der Waals surface area contributed by atoms with Crippen molar-refractivity contribution in [1.82, 2.24) is 10.2 Å². The number of hydrogen-bond acceptors (Lipinski definition) is 3. The molecule has 37 heavy (non-hydrogen) atoms. The zero-order valence-electron chi connectivity index (χ0n) is 22.6. The van der Waals surface area contributed by atoms with Gasteiger partial charge in [-0.1, -0.05) is 62.7 Å². The second-order valence-electron chi connectivity index (χ2n) is 11.9. The number of aliphatic carboxylic acids is 1. The van der Waals surface area contributed by atoms with Gasteiger partial charge in [0.05, 0.1) is 0 Å². The Kier molecular flexibility index (Phi) is 10.2. The predicted molar refractivity (Wildman–Crippen MR) is 148 cm³/mol. The van der Waals surface area contributed by atoms with E-state index in [4.69, 9.17) is 0 Å². The maximum atomic E-state index is 13.1. The van der Waals surface area contributed by atoms with E-state index >= 15 is 0 Å². The van der Waals surface area contributed by atoms with Crippen LogP contribution in [0.3, 0.4) is 0 Å². The lowest BCUT2D eigenvalue weighted by Gasteiger charge is -2.35. The fourth-order valence-corrected chi connectivity index (χ4v) is 6.60. The smallest absolute Gasteiger partial charge is 0.320 e. The van der Waals surface area contributed by atoms with Gasteiger partial charge in [-0.3, -0.25) is 4.79 Å². The van der Waals surface area contributed by atoms with Gasteiger partial charge in [-0.05, 0) is 105 Å². The highest BCUT2D eigenvalue weighted by Crippen LogP contribution is 2.41. The third-order valence-corrected chi connectivity index (χ3v) is 8.56. The second-order valence-corrected chi connectivity index (χ2v) is 11.9. The SMILES string of the molecule is CC(C)CC(NC1C[C@H](CN2CCC(CCCc3ccc(F)cc3)CC2)[C@@H](c2ccccc2)C1)C(=O)O. The number of nitrogens with one attached hydrogen (secondary N) is 1. The standard InChI is InChI=1S/C32H45FN2O2/c1-23(2)19-31(32(36)37)34-29-20-27(30(21-29)26-9-4-3-5-10-26)22-35-17-15-25(16-18-35)8-6-7-24-11-13-28(33)14-12-24/h3-5,9-14,23,25,27,29-31,34H,6-8,15-22H2,1-2H3,(H,36,37)/t27-,29?,30-,31?/m1/s1. The van der Waals surface area contributed by atoms with Crippen LogP contribution in [0.2, 0.25) is 0 Å². The first-order valence-electron chi connectivity index (χ1n) is 14.4. The fraction of sp³-hybridized carbons (Fsp3) is 0.594. The van der Waals surface area contributed by atoms with Crippen molar-refractivity contribution >= 4 is 5.97 Å². The summed E-state index contributed by atoms with van der Waals surface area (Å²) >= 11 is 0. The molecule has 2 N–H and O–H groups in total. The van der Waals surface area contributed by atoms with Crippen LogP contribution in [-0.2, 0) is 11.2 Å². The normalized spacial score (nSPS) is 23.9. The summed E-state index contributed by atoms with van der Waals surface area (Å²) in [5, 5.41) is 13.3. The first-order chi connectivity index (χ1) is 17.9. The molecule has 1 saturated carbocycles. The lowest BCUT2D eigenvalue weighted by Crippen LogP contribution is -2.43. The number of aryl methyl sites for hydroxylation is 1. The van der Waals surface area contributed by atoms with E-state index < -0.39 is 12.0 Å². The Morgan fingerprint density at radius 3 is 2.41 bits per heavy atom. The summed E-state index contributed by atoms with van der Waals surface area (Å²) in [5.74, 6) is 1.27. The number of nitrogens with zero attached hydrogens (tertiary/aromatic N) is 1. The molecule has 1 aliphatic heterocycles. The number of hydrogen-bond donors (Lipinski definition) is 2. The van der Waals surface area contributed by atoms with Gasteiger partial charge in [-0.25, -0.2) is 4.39 Å². The third-order valence-electron chi connectivity index (χ3n) is 8.56. The van der Waals surface area contributed by atoms with E-state index in [0.717, 1.165) is 44.8 Å². The first kappa shape index (κ1) is 27.8. The second kappa shape index (κ2) is 13.5. The summed E-state index contributed by atoms with van der Waals surface area (Å²) in [6, 6.07) is 17.5. The van der Waals surface area contributed by atoms with Gasteiger partial charge in [-0.2, -0.15) is 0 Å². The summed E-state index contributed by atoms with van der Waals surface area (Å²) in [5.41, 5.74) is 2.62. The Labute approximate surface area is 222 Å². The van der Waals surface area contributed by atoms with E-state index in [2.05, 4.69) is 54.4 Å². The van der Waals surface area contributed by atoms with Crippen LogP contribution in [0, 0.1) is 23.6 Å². The molecule has 0 radical (unpaired) electrons. The summed E-state index contributed by atoms with van der Waals surface area (Å²) in [6.07, 6.45) is 8.68. The van der Waals surface area contributed by atoms with Crippen molar-refractivity contribution in [2.45, 2.75) is 83.2 Å². The van der Waals surface area contributed by atoms with Gasteiger partial charge in [0.25, 0.3) is 0 Å². The number of benzene rings is 2. The number of piperidine rings is 1. The Morgan fingerprint density at radius 2 is 1.76 bits per heavy atom. The van der Waals surface area contributed by atoms with Gasteiger partial charge < -0.3 is 15.3 Å². The van der Waals surface area contributed by atoms with Gasteiger partial charge >= 0.3 is 5.97 Å². The van der Waals surface area contributed by atoms with Crippen molar-refractivity contribution in [1.29, 1.82) is 0 Å². The molecule has 4 rings (SSSR count). The molecule has 5 heteroatoms. The van der Waals surface area contributed by atoms with Crippen molar-refractivity contribution < 1.29 is 14.3 Å². The van der Waals surface area contributed by atoms with Crippen LogP contribution < -0.4 is 5.32 Å². The molecule has 2 unspecified atom stereocenters. The molecule has 202 valence electrons. The van der Waals surface area contributed by atoms with Crippen LogP contribution in [0.1, 0.15) is 75.8 Å². The largest absolute Gasteiger partial charge is 0.480 e. The highest BCUT2D eigenvalue weighted by molar-refractivity contribution is 5.73. The molecule has 0 amide bonds. The van der Waals surface area contributed by atoms with Crippen molar-refractivity contribution in [3.63, 3.8) is 0 Å². The molecule has 2 aliphatic rings. The maximum absolute atomic E-state index is 13.1. The molecular formula is C32H45FN2O2. The lowest BCUT2D eigenvalue weighted by molar-refractivity contribution is -0.140. The summed E-state index contributed by atoms with van der Waals surface area (Å²) in [7, 11) is 0. The molecule has 2 aromatic carbocycles. The minimum Gasteiger partial charge on any atom is -0.480 e. The van der Waals surface area contributed by atoms with E-state index in [1.165, 1.54) is 36.8 Å². The molecule has 0 aromatic heterocycles. The maximum Gasteiger partial charge on any atom is 0.320 e. The number of rotatable bonds is 12. The van der Waals surface area contributed by atoms with Gasteiger partial charge in [0.15, 0.2) is 0 Å². The minimum absolute atomic E-state index is 0.160. The molecule has 4 nitrogen and oxygen atoms in total. The van der Waals surface area contributed by atoms with Crippen LogP contribution in [0.15, 0.2) is 54.6 Å². The lowest BCUT2D eigenvalue weighted by atomic mass is 9.87. The number of carboxylic acids is 1. The molecule has 1 aliphatic carbocycles. The average molecular weight is 509 g/mol. The molecular weight excluding hydrogens is 463 g/mol. The van der Waals surface area contributed by atoms with Crippen LogP contribution >= 0.6 is 0 Å². The highest BCUT2D eigenvalue weighted by atomic mass is 19.1. The predicted octanol–water partition coefficient (Wildman–Crippen LogP) is 6.51. The van der Waals surface area contributed by atoms with E-state index in [1.54, 1.807) is 12.1 Å². The molecule has 0 bridgehead atoms. The third kappa shape index (κ3) is 8.38. The van der Waals surface area contributed by atoms with Gasteiger partial charge in [0.1, 0.15) is 11.9 Å². The molecule has 4 atom stereocenters. The van der Waals surface area contributed by atoms with Crippen LogP contribution in [-0.4, -0.2) is 47.7 Å². The number of likely N-dealkylation sites (tertiary alicyclic amines) is 1. The van der Waals surface area contributed by atoms with Crippen LogP contribution in [0.4, 0.5) is 4.39 Å². The minimum atomic E-state index is -0.727. The Bertz CT molecular complexity index is 957. The number of carbonyl (C=O) groups is 1. The van der Waals surface area contributed by atoms with E-state index in [-0.39, 0.29) is 11.9 Å². The Morgan fingerprint density at radius 1 is 1.05 bits per heavy atom. The Balaban J connectivity index is 1.28.